The van der Waals surface area contributed by atoms with Crippen LogP contribution in [0.1, 0.15) is 16.7 Å². The fourth-order valence-corrected chi connectivity index (χ4v) is 3.46. The number of anilines is 1. The lowest BCUT2D eigenvalue weighted by atomic mass is 10.2. The average Bonchev–Trinajstić information content (AvgIpc) is 2.53. The normalized spacial score (nSPS) is 10.5. The first-order chi connectivity index (χ1) is 10.4. The largest absolute Gasteiger partial charge is 0.269 e. The van der Waals surface area contributed by atoms with E-state index in [9.17, 15) is 8.42 Å². The third-order valence-corrected chi connectivity index (χ3v) is 5.23. The number of nitrogens with zero attached hydrogens (tertiary/aromatic N) is 3. The monoisotopic (exact) mass is 311 g/mol. The smallest absolute Gasteiger partial charge is 0.264 e. The van der Waals surface area contributed by atoms with Gasteiger partial charge in [0.25, 0.3) is 10.0 Å². The van der Waals surface area contributed by atoms with Gasteiger partial charge >= 0.3 is 0 Å². The van der Waals surface area contributed by atoms with E-state index in [0.717, 1.165) is 4.31 Å². The summed E-state index contributed by atoms with van der Waals surface area (Å²) in [7, 11) is -2.32. The van der Waals surface area contributed by atoms with Gasteiger partial charge in [-0.1, -0.05) is 6.07 Å². The van der Waals surface area contributed by atoms with Gasteiger partial charge in [-0.15, -0.1) is 0 Å². The van der Waals surface area contributed by atoms with Gasteiger partial charge in [-0.2, -0.15) is 10.5 Å². The molecule has 0 atom stereocenters. The van der Waals surface area contributed by atoms with E-state index in [2.05, 4.69) is 0 Å². The Bertz CT molecular complexity index is 906. The molecular weight excluding hydrogens is 298 g/mol. The highest BCUT2D eigenvalue weighted by atomic mass is 32.2. The van der Waals surface area contributed by atoms with Crippen LogP contribution in [0.2, 0.25) is 0 Å². The summed E-state index contributed by atoms with van der Waals surface area (Å²) in [4.78, 5) is 0.136. The molecule has 2 aromatic rings. The molecule has 2 rings (SSSR count). The predicted octanol–water partition coefficient (Wildman–Crippen LogP) is 2.56. The minimum atomic E-state index is -3.76. The molecule has 0 unspecified atom stereocenters. The highest BCUT2D eigenvalue weighted by Gasteiger charge is 2.23. The summed E-state index contributed by atoms with van der Waals surface area (Å²) in [5.41, 5.74) is 1.70. The molecule has 22 heavy (non-hydrogen) atoms. The Balaban J connectivity index is 2.50. The lowest BCUT2D eigenvalue weighted by molar-refractivity contribution is 0.594. The molecule has 0 spiro atoms. The molecule has 2 aromatic carbocycles. The zero-order chi connectivity index (χ0) is 16.3. The Kier molecular flexibility index (Phi) is 4.16. The van der Waals surface area contributed by atoms with Crippen LogP contribution in [0.4, 0.5) is 5.69 Å². The van der Waals surface area contributed by atoms with Crippen LogP contribution in [-0.4, -0.2) is 15.5 Å². The quantitative estimate of drug-likeness (QED) is 0.872. The molecule has 0 aliphatic rings. The molecule has 5 nitrogen and oxygen atoms in total. The molecular formula is C16H13N3O2S. The van der Waals surface area contributed by atoms with Crippen molar-refractivity contribution in [1.82, 2.24) is 0 Å². The van der Waals surface area contributed by atoms with Gasteiger partial charge in [0.15, 0.2) is 0 Å². The summed E-state index contributed by atoms with van der Waals surface area (Å²) in [6.45, 7) is 1.65. The molecule has 0 heterocycles. The van der Waals surface area contributed by atoms with Crippen LogP contribution in [0, 0.1) is 29.6 Å². The summed E-state index contributed by atoms with van der Waals surface area (Å²) in [5, 5.41) is 17.8. The lowest BCUT2D eigenvalue weighted by Crippen LogP contribution is -2.27. The second-order valence-electron chi connectivity index (χ2n) is 4.73. The number of sulfonamides is 1. The minimum Gasteiger partial charge on any atom is -0.269 e. The van der Waals surface area contributed by atoms with Crippen LogP contribution in [0.3, 0.4) is 0 Å². The molecule has 6 heteroatoms. The van der Waals surface area contributed by atoms with Gasteiger partial charge < -0.3 is 0 Å². The fraction of sp³-hybridized carbons (Fsp3) is 0.125. The Morgan fingerprint density at radius 2 is 1.64 bits per heavy atom. The number of aryl methyl sites for hydroxylation is 1. The average molecular weight is 311 g/mol. The molecule has 0 bridgehead atoms. The standard InChI is InChI=1S/C16H13N3O2S/c1-12-8-14(11-18)6-7-16(12)22(20,21)19(2)15-5-3-4-13(9-15)10-17/h3-9H,1-2H3. The maximum Gasteiger partial charge on any atom is 0.264 e. The molecule has 0 aliphatic heterocycles. The topological polar surface area (TPSA) is 85.0 Å². The second-order valence-corrected chi connectivity index (χ2v) is 6.66. The second kappa shape index (κ2) is 5.88. The van der Waals surface area contributed by atoms with E-state index in [-0.39, 0.29) is 4.90 Å². The van der Waals surface area contributed by atoms with Crippen LogP contribution >= 0.6 is 0 Å². The van der Waals surface area contributed by atoms with Crippen LogP contribution in [0.25, 0.3) is 0 Å². The Morgan fingerprint density at radius 1 is 1.00 bits per heavy atom. The van der Waals surface area contributed by atoms with Crippen LogP contribution in [0.15, 0.2) is 47.4 Å². The number of benzene rings is 2. The number of hydrogen-bond donors (Lipinski definition) is 0. The van der Waals surface area contributed by atoms with E-state index in [4.69, 9.17) is 10.5 Å². The summed E-state index contributed by atoms with van der Waals surface area (Å²) in [5.74, 6) is 0. The van der Waals surface area contributed by atoms with Crippen molar-refractivity contribution in [2.24, 2.45) is 0 Å². The third kappa shape index (κ3) is 2.78. The molecule has 0 aliphatic carbocycles. The van der Waals surface area contributed by atoms with E-state index >= 15 is 0 Å². The van der Waals surface area contributed by atoms with Crippen molar-refractivity contribution in [2.75, 3.05) is 11.4 Å². The minimum absolute atomic E-state index is 0.136. The van der Waals surface area contributed by atoms with Crippen molar-refractivity contribution >= 4 is 15.7 Å². The summed E-state index contributed by atoms with van der Waals surface area (Å²) in [6, 6.07) is 14.8. The maximum absolute atomic E-state index is 12.7. The maximum atomic E-state index is 12.7. The molecule has 0 amide bonds. The fourth-order valence-electron chi connectivity index (χ4n) is 2.07. The molecule has 0 fully saturated rings. The SMILES string of the molecule is Cc1cc(C#N)ccc1S(=O)(=O)N(C)c1cccc(C#N)c1. The summed E-state index contributed by atoms with van der Waals surface area (Å²) >= 11 is 0. The van der Waals surface area contributed by atoms with Crippen molar-refractivity contribution in [3.8, 4) is 12.1 Å². The van der Waals surface area contributed by atoms with E-state index in [0.29, 0.717) is 22.4 Å². The van der Waals surface area contributed by atoms with E-state index < -0.39 is 10.0 Å². The van der Waals surface area contributed by atoms with E-state index in [1.807, 2.05) is 12.1 Å². The van der Waals surface area contributed by atoms with Crippen molar-refractivity contribution in [3.05, 3.63) is 59.2 Å². The predicted molar refractivity (Wildman–Crippen MR) is 82.6 cm³/mol. The zero-order valence-electron chi connectivity index (χ0n) is 12.1. The summed E-state index contributed by atoms with van der Waals surface area (Å²) in [6.07, 6.45) is 0. The number of hydrogen-bond acceptors (Lipinski definition) is 4. The van der Waals surface area contributed by atoms with Crippen LogP contribution in [-0.2, 0) is 10.0 Å². The van der Waals surface area contributed by atoms with Gasteiger partial charge in [0.2, 0.25) is 0 Å². The lowest BCUT2D eigenvalue weighted by Gasteiger charge is -2.20. The highest BCUT2D eigenvalue weighted by molar-refractivity contribution is 7.92. The van der Waals surface area contributed by atoms with Gasteiger partial charge in [-0.05, 0) is 48.9 Å². The molecule has 0 radical (unpaired) electrons. The molecule has 0 aromatic heterocycles. The van der Waals surface area contributed by atoms with Crippen LogP contribution in [0.5, 0.6) is 0 Å². The van der Waals surface area contributed by atoms with Crippen molar-refractivity contribution in [3.63, 3.8) is 0 Å². The molecule has 0 saturated heterocycles. The van der Waals surface area contributed by atoms with Gasteiger partial charge in [0, 0.05) is 7.05 Å². The first-order valence-corrected chi connectivity index (χ1v) is 7.84. The van der Waals surface area contributed by atoms with Gasteiger partial charge in [-0.25, -0.2) is 8.42 Å². The van der Waals surface area contributed by atoms with Crippen LogP contribution < -0.4 is 4.31 Å². The Hall–Kier alpha value is -2.83. The van der Waals surface area contributed by atoms with E-state index in [1.165, 1.54) is 31.3 Å². The molecule has 110 valence electrons. The van der Waals surface area contributed by atoms with Gasteiger partial charge in [0.1, 0.15) is 0 Å². The Morgan fingerprint density at radius 3 is 2.23 bits per heavy atom. The van der Waals surface area contributed by atoms with Crippen molar-refractivity contribution in [2.45, 2.75) is 11.8 Å². The highest BCUT2D eigenvalue weighted by Crippen LogP contribution is 2.25. The first-order valence-electron chi connectivity index (χ1n) is 6.40. The van der Waals surface area contributed by atoms with Gasteiger partial charge in [0.05, 0.1) is 33.8 Å². The summed E-state index contributed by atoms with van der Waals surface area (Å²) < 4.78 is 26.6. The third-order valence-electron chi connectivity index (χ3n) is 3.28. The van der Waals surface area contributed by atoms with Gasteiger partial charge in [-0.3, -0.25) is 4.31 Å². The molecule has 0 N–H and O–H groups in total. The number of rotatable bonds is 3. The van der Waals surface area contributed by atoms with Crippen molar-refractivity contribution < 1.29 is 8.42 Å². The zero-order valence-corrected chi connectivity index (χ0v) is 12.9. The van der Waals surface area contributed by atoms with Crippen molar-refractivity contribution in [1.29, 1.82) is 10.5 Å². The number of nitriles is 2. The molecule has 0 saturated carbocycles. The van der Waals surface area contributed by atoms with E-state index in [1.54, 1.807) is 25.1 Å². The first kappa shape index (κ1) is 15.6. The Labute approximate surface area is 129 Å².